The van der Waals surface area contributed by atoms with Crippen molar-refractivity contribution in [3.05, 3.63) is 70.5 Å². The molecule has 0 aliphatic heterocycles. The predicted molar refractivity (Wildman–Crippen MR) is 137 cm³/mol. The Morgan fingerprint density at radius 1 is 0.810 bits per heavy atom. The van der Waals surface area contributed by atoms with Gasteiger partial charge in [0.05, 0.1) is 49.1 Å². The highest BCUT2D eigenvalue weighted by Gasteiger charge is 2.43. The molecule has 2 aromatic carbocycles. The lowest BCUT2D eigenvalue weighted by Crippen LogP contribution is -2.42. The topological polar surface area (TPSA) is 96.0 Å². The predicted octanol–water partition coefficient (Wildman–Crippen LogP) is 6.07. The van der Waals surface area contributed by atoms with E-state index in [0.29, 0.717) is 17.7 Å². The van der Waals surface area contributed by atoms with E-state index in [2.05, 4.69) is 0 Å². The van der Waals surface area contributed by atoms with Crippen molar-refractivity contribution in [3.63, 3.8) is 0 Å². The second-order valence-corrected chi connectivity index (χ2v) is 13.5. The maximum atomic E-state index is 13.8. The number of halogens is 7. The highest BCUT2D eigenvalue weighted by molar-refractivity contribution is 7.86. The van der Waals surface area contributed by atoms with Crippen LogP contribution in [0.1, 0.15) is 54.0 Å². The van der Waals surface area contributed by atoms with Gasteiger partial charge in [-0.3, -0.25) is 8.37 Å². The van der Waals surface area contributed by atoms with Crippen LogP contribution in [0, 0.1) is 17.7 Å². The summed E-state index contributed by atoms with van der Waals surface area (Å²) in [5.41, 5.74) is -3.03. The molecule has 0 saturated heterocycles. The Kier molecular flexibility index (Phi) is 10.4. The zero-order valence-corrected chi connectivity index (χ0v) is 24.2. The molecule has 2 aromatic rings. The zero-order chi connectivity index (χ0) is 31.7. The molecule has 1 aliphatic carbocycles. The van der Waals surface area contributed by atoms with Crippen molar-refractivity contribution in [2.75, 3.05) is 25.7 Å². The molecule has 1 unspecified atom stereocenters. The molecule has 5 atom stereocenters. The van der Waals surface area contributed by atoms with Gasteiger partial charge in [-0.2, -0.15) is 43.2 Å². The largest absolute Gasteiger partial charge is 0.416 e. The molecule has 0 heterocycles. The third kappa shape index (κ3) is 9.62. The lowest BCUT2D eigenvalue weighted by Gasteiger charge is -2.43. The quantitative estimate of drug-likeness (QED) is 0.228. The van der Waals surface area contributed by atoms with Gasteiger partial charge in [0, 0.05) is 5.92 Å². The minimum absolute atomic E-state index is 0.00306. The number of hydrogen-bond acceptors (Lipinski definition) is 7. The highest BCUT2D eigenvalue weighted by Crippen LogP contribution is 2.46. The van der Waals surface area contributed by atoms with Gasteiger partial charge in [-0.05, 0) is 73.1 Å². The summed E-state index contributed by atoms with van der Waals surface area (Å²) in [6.45, 7) is 0.437. The summed E-state index contributed by atoms with van der Waals surface area (Å²) in [7, 11) is -7.90. The van der Waals surface area contributed by atoms with Gasteiger partial charge >= 0.3 is 12.4 Å². The molecule has 1 fully saturated rings. The normalized spacial score (nSPS) is 23.1. The Morgan fingerprint density at radius 3 is 1.79 bits per heavy atom. The molecule has 1 aliphatic rings. The van der Waals surface area contributed by atoms with Gasteiger partial charge in [0.25, 0.3) is 20.2 Å². The van der Waals surface area contributed by atoms with Crippen molar-refractivity contribution >= 4 is 20.2 Å². The first kappa shape index (κ1) is 34.2. The molecule has 0 bridgehead atoms. The molecule has 0 radical (unpaired) electrons. The van der Waals surface area contributed by atoms with E-state index in [0.717, 1.165) is 24.6 Å². The molecule has 42 heavy (non-hydrogen) atoms. The Labute approximate surface area is 239 Å². The number of hydrogen-bond donors (Lipinski definition) is 0. The molecule has 0 N–H and O–H groups in total. The van der Waals surface area contributed by atoms with Crippen molar-refractivity contribution in [1.29, 1.82) is 0 Å². The molecule has 0 amide bonds. The van der Waals surface area contributed by atoms with Gasteiger partial charge < -0.3 is 4.74 Å². The maximum absolute atomic E-state index is 13.8. The lowest BCUT2D eigenvalue weighted by molar-refractivity contribution is -0.143. The summed E-state index contributed by atoms with van der Waals surface area (Å²) in [4.78, 5) is 0. The standard InChI is InChI=1S/C26H29F7O7S2/c1-15(18-10-19(25(28,29)30)12-20(11-18)26(31,32)33)40-23-9-6-17(13-38-41(2,34)35)22(14-39-42(3,36)37)24(23)16-4-7-21(27)8-5-16/h4-5,7-8,10-12,15,17,22-24H,6,9,13-14H2,1-3H3/t15-,17-,22?,23+,24+/m1/s1. The summed E-state index contributed by atoms with van der Waals surface area (Å²) in [5, 5.41) is 0. The first-order valence-corrected chi connectivity index (χ1v) is 16.2. The number of alkyl halides is 6. The van der Waals surface area contributed by atoms with Crippen LogP contribution in [-0.4, -0.2) is 48.7 Å². The maximum Gasteiger partial charge on any atom is 0.416 e. The van der Waals surface area contributed by atoms with Crippen LogP contribution in [0.2, 0.25) is 0 Å². The SMILES string of the molecule is C[C@@H](O[C@H]1CC[C@H](COS(C)(=O)=O)C(COS(C)(=O)=O)[C@@H]1c1ccc(F)cc1)c1cc(C(F)(F)F)cc(C(F)(F)F)c1. The summed E-state index contributed by atoms with van der Waals surface area (Å²) in [5.74, 6) is -2.91. The molecule has 7 nitrogen and oxygen atoms in total. The van der Waals surface area contributed by atoms with Crippen LogP contribution in [0.15, 0.2) is 42.5 Å². The van der Waals surface area contributed by atoms with Crippen LogP contribution in [0.3, 0.4) is 0 Å². The van der Waals surface area contributed by atoms with Gasteiger partial charge in [-0.1, -0.05) is 12.1 Å². The fourth-order valence-electron chi connectivity index (χ4n) is 5.05. The lowest BCUT2D eigenvalue weighted by atomic mass is 9.68. The number of ether oxygens (including phenoxy) is 1. The zero-order valence-electron chi connectivity index (χ0n) is 22.6. The fourth-order valence-corrected chi connectivity index (χ4v) is 5.88. The van der Waals surface area contributed by atoms with Gasteiger partial charge in [0.1, 0.15) is 5.82 Å². The number of benzene rings is 2. The summed E-state index contributed by atoms with van der Waals surface area (Å²) in [6.07, 6.45) is -10.4. The van der Waals surface area contributed by atoms with E-state index in [-0.39, 0.29) is 25.5 Å². The van der Waals surface area contributed by atoms with Crippen molar-refractivity contribution in [2.24, 2.45) is 11.8 Å². The second-order valence-electron chi connectivity index (χ2n) is 10.2. The Morgan fingerprint density at radius 2 is 1.31 bits per heavy atom. The van der Waals surface area contributed by atoms with E-state index in [1.807, 2.05) is 0 Å². The minimum Gasteiger partial charge on any atom is -0.370 e. The van der Waals surface area contributed by atoms with E-state index in [9.17, 15) is 47.6 Å². The van der Waals surface area contributed by atoms with Gasteiger partial charge in [-0.15, -0.1) is 0 Å². The molecular weight excluding hydrogens is 621 g/mol. The van der Waals surface area contributed by atoms with Gasteiger partial charge in [0.2, 0.25) is 0 Å². The van der Waals surface area contributed by atoms with Crippen LogP contribution < -0.4 is 0 Å². The van der Waals surface area contributed by atoms with E-state index < -0.39 is 91.7 Å². The highest BCUT2D eigenvalue weighted by atomic mass is 32.2. The summed E-state index contributed by atoms with van der Waals surface area (Å²) in [6, 6.07) is 6.10. The average Bonchev–Trinajstić information content (AvgIpc) is 2.85. The molecule has 236 valence electrons. The fraction of sp³-hybridized carbons (Fsp3) is 0.538. The average molecular weight is 651 g/mol. The third-order valence-electron chi connectivity index (χ3n) is 6.97. The molecule has 16 heteroatoms. The molecule has 0 aromatic heterocycles. The Bertz CT molecular complexity index is 1410. The monoisotopic (exact) mass is 650 g/mol. The van der Waals surface area contributed by atoms with Gasteiger partial charge in [0.15, 0.2) is 0 Å². The van der Waals surface area contributed by atoms with E-state index in [4.69, 9.17) is 13.1 Å². The third-order valence-corrected chi connectivity index (χ3v) is 8.10. The smallest absolute Gasteiger partial charge is 0.370 e. The first-order valence-electron chi connectivity index (χ1n) is 12.5. The molecular formula is C26H29F7O7S2. The molecule has 3 rings (SSSR count). The van der Waals surface area contributed by atoms with Crippen molar-refractivity contribution < 1.29 is 60.7 Å². The van der Waals surface area contributed by atoms with Crippen molar-refractivity contribution in [1.82, 2.24) is 0 Å². The summed E-state index contributed by atoms with van der Waals surface area (Å²) < 4.78 is 158. The van der Waals surface area contributed by atoms with Gasteiger partial charge in [-0.25, -0.2) is 4.39 Å². The molecule has 0 spiro atoms. The molecule has 1 saturated carbocycles. The first-order chi connectivity index (χ1) is 19.1. The number of rotatable bonds is 10. The van der Waals surface area contributed by atoms with Crippen LogP contribution in [0.4, 0.5) is 30.7 Å². The van der Waals surface area contributed by atoms with Crippen LogP contribution >= 0.6 is 0 Å². The Hall–Kier alpha value is -2.27. The van der Waals surface area contributed by atoms with Crippen LogP contribution in [0.25, 0.3) is 0 Å². The Balaban J connectivity index is 2.04. The van der Waals surface area contributed by atoms with E-state index in [1.165, 1.54) is 19.1 Å². The van der Waals surface area contributed by atoms with E-state index >= 15 is 0 Å². The van der Waals surface area contributed by atoms with Crippen LogP contribution in [-0.2, 0) is 45.7 Å². The van der Waals surface area contributed by atoms with E-state index in [1.54, 1.807) is 0 Å². The second kappa shape index (κ2) is 12.8. The summed E-state index contributed by atoms with van der Waals surface area (Å²) >= 11 is 0. The van der Waals surface area contributed by atoms with Crippen molar-refractivity contribution in [3.8, 4) is 0 Å². The van der Waals surface area contributed by atoms with Crippen LogP contribution in [0.5, 0.6) is 0 Å². The van der Waals surface area contributed by atoms with Crippen molar-refractivity contribution in [2.45, 2.75) is 50.2 Å². The minimum atomic E-state index is -5.07.